The second-order valence-corrected chi connectivity index (χ2v) is 9.81. The number of ether oxygens (including phenoxy) is 1. The minimum Gasteiger partial charge on any atom is -0.457 e. The van der Waals surface area contributed by atoms with Gasteiger partial charge in [0, 0.05) is 11.8 Å². The van der Waals surface area contributed by atoms with Crippen LogP contribution in [0.3, 0.4) is 0 Å². The number of rotatable bonds is 11. The van der Waals surface area contributed by atoms with Gasteiger partial charge in [-0.25, -0.2) is 9.37 Å². The van der Waals surface area contributed by atoms with Crippen molar-refractivity contribution in [2.75, 3.05) is 11.9 Å². The molecule has 0 fully saturated rings. The van der Waals surface area contributed by atoms with Crippen molar-refractivity contribution < 1.29 is 28.9 Å². The van der Waals surface area contributed by atoms with Gasteiger partial charge in [0.05, 0.1) is 12.3 Å². The smallest absolute Gasteiger partial charge is 0.270 e. The Bertz CT molecular complexity index is 1460. The molecule has 9 nitrogen and oxygen atoms in total. The van der Waals surface area contributed by atoms with Gasteiger partial charge in [-0.15, -0.1) is 0 Å². The molecule has 1 unspecified atom stereocenters. The first-order valence-corrected chi connectivity index (χ1v) is 13.1. The van der Waals surface area contributed by atoms with Gasteiger partial charge in [-0.1, -0.05) is 19.9 Å². The van der Waals surface area contributed by atoms with Crippen LogP contribution in [-0.4, -0.2) is 44.6 Å². The van der Waals surface area contributed by atoms with Crippen molar-refractivity contribution in [1.29, 1.82) is 0 Å². The van der Waals surface area contributed by atoms with Gasteiger partial charge in [0.2, 0.25) is 5.91 Å². The van der Waals surface area contributed by atoms with Crippen molar-refractivity contribution in [3.05, 3.63) is 102 Å². The second-order valence-electron chi connectivity index (χ2n) is 9.81. The number of benzene rings is 2. The summed E-state index contributed by atoms with van der Waals surface area (Å²) in [5, 5.41) is 25.4. The van der Waals surface area contributed by atoms with E-state index in [1.54, 1.807) is 48.5 Å². The lowest BCUT2D eigenvalue weighted by atomic mass is 10.0. The van der Waals surface area contributed by atoms with Crippen LogP contribution in [0.25, 0.3) is 11.3 Å². The fourth-order valence-corrected chi connectivity index (χ4v) is 4.04. The molecule has 0 aliphatic rings. The molecule has 2 amide bonds. The van der Waals surface area contributed by atoms with E-state index in [4.69, 9.17) is 4.74 Å². The van der Waals surface area contributed by atoms with E-state index in [2.05, 4.69) is 20.6 Å². The van der Waals surface area contributed by atoms with Crippen LogP contribution in [0.15, 0.2) is 85.1 Å². The number of hydrogen-bond donors (Lipinski definition) is 4. The Morgan fingerprint density at radius 3 is 2.27 bits per heavy atom. The minimum atomic E-state index is -1.20. The number of amides is 2. The molecule has 0 bridgehead atoms. The number of nitrogens with one attached hydrogen (secondary N) is 2. The van der Waals surface area contributed by atoms with E-state index in [0.29, 0.717) is 34.7 Å². The van der Waals surface area contributed by atoms with Crippen molar-refractivity contribution in [2.24, 2.45) is 5.92 Å². The number of hydrogen-bond acceptors (Lipinski definition) is 7. The van der Waals surface area contributed by atoms with E-state index < -0.39 is 30.6 Å². The van der Waals surface area contributed by atoms with Gasteiger partial charge in [0.25, 0.3) is 5.91 Å². The number of aromatic nitrogens is 2. The highest BCUT2D eigenvalue weighted by Gasteiger charge is 2.24. The maximum absolute atomic E-state index is 13.3. The van der Waals surface area contributed by atoms with Gasteiger partial charge in [-0.05, 0) is 90.7 Å². The summed E-state index contributed by atoms with van der Waals surface area (Å²) in [5.41, 5.74) is 1.62. The Morgan fingerprint density at radius 1 is 0.976 bits per heavy atom. The summed E-state index contributed by atoms with van der Waals surface area (Å²) >= 11 is 0. The monoisotopic (exact) mass is 558 g/mol. The molecule has 0 radical (unpaired) electrons. The highest BCUT2D eigenvalue weighted by molar-refractivity contribution is 6.00. The minimum absolute atomic E-state index is 0.0940. The van der Waals surface area contributed by atoms with Crippen molar-refractivity contribution in [2.45, 2.75) is 32.4 Å². The molecule has 4 N–H and O–H groups in total. The summed E-state index contributed by atoms with van der Waals surface area (Å²) in [6.45, 7) is 3.34. The topological polar surface area (TPSA) is 134 Å². The fourth-order valence-electron chi connectivity index (χ4n) is 4.04. The number of halogens is 1. The van der Waals surface area contributed by atoms with Crippen LogP contribution in [0.1, 0.15) is 42.4 Å². The standard InChI is InChI=1S/C31H31FN4O5/c1-19(2)15-27(35-30(39)25-5-3-4-14-33-25)31(40)36-29-17-21(28(38)18-37)16-26(34-29)20-6-10-23(11-7-20)41-24-12-8-22(32)9-13-24/h3-14,16-17,19,27-28,37-38H,15,18H2,1-2H3,(H,35,39)(H,34,36,40)/t27?,28-/m1/s1. The van der Waals surface area contributed by atoms with E-state index >= 15 is 0 Å². The maximum Gasteiger partial charge on any atom is 0.270 e. The number of nitrogens with zero attached hydrogens (tertiary/aromatic N) is 2. The van der Waals surface area contributed by atoms with E-state index in [-0.39, 0.29) is 23.2 Å². The van der Waals surface area contributed by atoms with Crippen LogP contribution in [0.5, 0.6) is 11.5 Å². The Labute approximate surface area is 237 Å². The molecule has 4 rings (SSSR count). The normalized spacial score (nSPS) is 12.4. The molecule has 0 spiro atoms. The summed E-state index contributed by atoms with van der Waals surface area (Å²) in [5.74, 6) is -0.105. The zero-order valence-corrected chi connectivity index (χ0v) is 22.6. The molecule has 2 atom stereocenters. The predicted molar refractivity (Wildman–Crippen MR) is 152 cm³/mol. The second kappa shape index (κ2) is 13.6. The largest absolute Gasteiger partial charge is 0.457 e. The van der Waals surface area contributed by atoms with Crippen LogP contribution < -0.4 is 15.4 Å². The van der Waals surface area contributed by atoms with E-state index in [0.717, 1.165) is 0 Å². The third-order valence-electron chi connectivity index (χ3n) is 6.08. The van der Waals surface area contributed by atoms with E-state index in [1.807, 2.05) is 13.8 Å². The summed E-state index contributed by atoms with van der Waals surface area (Å²) in [4.78, 5) is 34.6. The van der Waals surface area contributed by atoms with Crippen LogP contribution in [-0.2, 0) is 4.79 Å². The average molecular weight is 559 g/mol. The van der Waals surface area contributed by atoms with E-state index in [9.17, 15) is 24.2 Å². The number of pyridine rings is 2. The Kier molecular flexibility index (Phi) is 9.73. The quantitative estimate of drug-likeness (QED) is 0.206. The van der Waals surface area contributed by atoms with Crippen molar-refractivity contribution >= 4 is 17.6 Å². The molecule has 2 aromatic heterocycles. The van der Waals surface area contributed by atoms with Gasteiger partial charge in [-0.2, -0.15) is 0 Å². The van der Waals surface area contributed by atoms with Crippen LogP contribution in [0, 0.1) is 11.7 Å². The number of aliphatic hydroxyl groups excluding tert-OH is 2. The Balaban J connectivity index is 1.56. The number of carbonyl (C=O) groups is 2. The lowest BCUT2D eigenvalue weighted by molar-refractivity contribution is -0.118. The van der Waals surface area contributed by atoms with Gasteiger partial charge < -0.3 is 25.6 Å². The predicted octanol–water partition coefficient (Wildman–Crippen LogP) is 4.88. The van der Waals surface area contributed by atoms with Crippen molar-refractivity contribution in [3.8, 4) is 22.8 Å². The third kappa shape index (κ3) is 8.17. The third-order valence-corrected chi connectivity index (χ3v) is 6.08. The van der Waals surface area contributed by atoms with Gasteiger partial charge in [0.1, 0.15) is 41.0 Å². The average Bonchev–Trinajstić information content (AvgIpc) is 2.98. The molecule has 2 heterocycles. The molecule has 0 saturated heterocycles. The van der Waals surface area contributed by atoms with E-state index in [1.165, 1.54) is 36.5 Å². The fraction of sp³-hybridized carbons (Fsp3) is 0.226. The molecular weight excluding hydrogens is 527 g/mol. The van der Waals surface area contributed by atoms with Crippen LogP contribution in [0.2, 0.25) is 0 Å². The number of aliphatic hydroxyl groups is 2. The Morgan fingerprint density at radius 2 is 1.66 bits per heavy atom. The lowest BCUT2D eigenvalue weighted by Crippen LogP contribution is -2.45. The molecule has 2 aromatic carbocycles. The number of anilines is 1. The van der Waals surface area contributed by atoms with Crippen LogP contribution >= 0.6 is 0 Å². The first-order chi connectivity index (χ1) is 19.7. The summed E-state index contributed by atoms with van der Waals surface area (Å²) in [7, 11) is 0. The molecular formula is C31H31FN4O5. The zero-order chi connectivity index (χ0) is 29.4. The SMILES string of the molecule is CC(C)CC(NC(=O)c1ccccn1)C(=O)Nc1cc([C@H](O)CO)cc(-c2ccc(Oc3ccc(F)cc3)cc2)n1. The molecule has 0 saturated carbocycles. The summed E-state index contributed by atoms with van der Waals surface area (Å²) < 4.78 is 18.9. The maximum atomic E-state index is 13.3. The summed E-state index contributed by atoms with van der Waals surface area (Å²) in [6, 6.07) is 19.7. The summed E-state index contributed by atoms with van der Waals surface area (Å²) in [6.07, 6.45) is 0.659. The molecule has 4 aromatic rings. The lowest BCUT2D eigenvalue weighted by Gasteiger charge is -2.20. The van der Waals surface area contributed by atoms with Gasteiger partial charge in [0.15, 0.2) is 0 Å². The first-order valence-electron chi connectivity index (χ1n) is 13.1. The number of carbonyl (C=O) groups excluding carboxylic acids is 2. The van der Waals surface area contributed by atoms with Crippen LogP contribution in [0.4, 0.5) is 10.2 Å². The molecule has 0 aliphatic carbocycles. The van der Waals surface area contributed by atoms with Crippen molar-refractivity contribution in [3.63, 3.8) is 0 Å². The molecule has 41 heavy (non-hydrogen) atoms. The highest BCUT2D eigenvalue weighted by Crippen LogP contribution is 2.28. The highest BCUT2D eigenvalue weighted by atomic mass is 19.1. The molecule has 212 valence electrons. The molecule has 10 heteroatoms. The molecule has 0 aliphatic heterocycles. The van der Waals surface area contributed by atoms with Gasteiger partial charge in [-0.3, -0.25) is 14.6 Å². The van der Waals surface area contributed by atoms with Gasteiger partial charge >= 0.3 is 0 Å². The first kappa shape index (κ1) is 29.3. The van der Waals surface area contributed by atoms with Crippen molar-refractivity contribution in [1.82, 2.24) is 15.3 Å². The zero-order valence-electron chi connectivity index (χ0n) is 22.6. The Hall–Kier alpha value is -4.67.